The molecule has 0 bridgehead atoms. The number of carbonyl (C=O) groups is 1. The lowest BCUT2D eigenvalue weighted by atomic mass is 10.1. The summed E-state index contributed by atoms with van der Waals surface area (Å²) in [4.78, 5) is 9.75. The molecule has 0 heterocycles. The van der Waals surface area contributed by atoms with Gasteiger partial charge in [-0.1, -0.05) is 33.8 Å². The molecule has 0 amide bonds. The summed E-state index contributed by atoms with van der Waals surface area (Å²) >= 11 is 0. The molecule has 31 heavy (non-hydrogen) atoms. The Kier molecular flexibility index (Phi) is 8.36. The van der Waals surface area contributed by atoms with Crippen LogP contribution in [0.1, 0.15) is 38.1 Å². The fourth-order valence-corrected chi connectivity index (χ4v) is 6.74. The van der Waals surface area contributed by atoms with Crippen LogP contribution in [0.4, 0.5) is 22.0 Å². The van der Waals surface area contributed by atoms with Crippen molar-refractivity contribution in [2.24, 2.45) is 0 Å². The van der Waals surface area contributed by atoms with Gasteiger partial charge in [0.2, 0.25) is 25.8 Å². The summed E-state index contributed by atoms with van der Waals surface area (Å²) in [5.74, 6) is -8.79. The van der Waals surface area contributed by atoms with Crippen LogP contribution in [0.3, 0.4) is 0 Å². The normalized spacial score (nSPS) is 13.8. The lowest BCUT2D eigenvalue weighted by molar-refractivity contribution is -0.255. The molecule has 0 radical (unpaired) electrons. The number of alkyl halides is 5. The second-order valence-electron chi connectivity index (χ2n) is 6.21. The van der Waals surface area contributed by atoms with E-state index in [9.17, 15) is 43.6 Å². The molecular weight excluding hydrogens is 471 g/mol. The number of rotatable bonds is 10. The molecule has 0 atom stereocenters. The Bertz CT molecular complexity index is 1020. The molecule has 0 aromatic heterocycles. The van der Waals surface area contributed by atoms with Crippen LogP contribution in [0.5, 0.6) is 0 Å². The number of sulfonamides is 2. The average molecular weight is 495 g/mol. The molecule has 0 unspecified atom stereocenters. The highest BCUT2D eigenvalue weighted by Crippen LogP contribution is 2.40. The van der Waals surface area contributed by atoms with Crippen LogP contribution in [-0.4, -0.2) is 69.5 Å². The third kappa shape index (κ3) is 4.91. The van der Waals surface area contributed by atoms with Crippen molar-refractivity contribution in [2.75, 3.05) is 26.2 Å². The Hall–Kier alpha value is -1.64. The van der Waals surface area contributed by atoms with Crippen LogP contribution < -0.4 is 0 Å². The number of hydrogen-bond donors (Lipinski definition) is 0. The Labute approximate surface area is 177 Å². The zero-order chi connectivity index (χ0) is 24.4. The molecule has 0 fully saturated rings. The Morgan fingerprint density at radius 2 is 1.23 bits per heavy atom. The van der Waals surface area contributed by atoms with E-state index in [0.29, 0.717) is 10.4 Å². The van der Waals surface area contributed by atoms with Gasteiger partial charge in [-0.2, -0.15) is 30.6 Å². The van der Waals surface area contributed by atoms with Gasteiger partial charge in [0.25, 0.3) is 0 Å². The number of ketones is 1. The third-order valence-electron chi connectivity index (χ3n) is 4.49. The van der Waals surface area contributed by atoms with Crippen molar-refractivity contribution in [3.05, 3.63) is 23.8 Å². The fraction of sp³-hybridized carbons (Fsp3) is 0.588. The second-order valence-corrected chi connectivity index (χ2v) is 9.99. The van der Waals surface area contributed by atoms with E-state index >= 15 is 0 Å². The molecule has 178 valence electrons. The summed E-state index contributed by atoms with van der Waals surface area (Å²) in [5, 5.41) is 0. The fourth-order valence-electron chi connectivity index (χ4n) is 2.86. The van der Waals surface area contributed by atoms with Gasteiger partial charge in [-0.05, 0) is 12.1 Å². The zero-order valence-electron chi connectivity index (χ0n) is 17.2. The van der Waals surface area contributed by atoms with Gasteiger partial charge in [0.15, 0.2) is 0 Å². The maximum absolute atomic E-state index is 13.8. The number of hydrogen-bond acceptors (Lipinski definition) is 5. The molecule has 0 saturated carbocycles. The Balaban J connectivity index is 4.11. The standard InChI is InChI=1S/C17H23F5N2O5S2/c1-5-23(6-2)30(26,27)13-11-9-10-12(15(25)16(18,19)17(20,21)22)14(13)31(28,29)24(7-3)8-4/h9-11H,5-8H2,1-4H3. The smallest absolute Gasteiger partial charge is 0.287 e. The van der Waals surface area contributed by atoms with Gasteiger partial charge in [0.1, 0.15) is 9.79 Å². The zero-order valence-corrected chi connectivity index (χ0v) is 18.8. The molecule has 1 aromatic rings. The number of benzene rings is 1. The van der Waals surface area contributed by atoms with Crippen molar-refractivity contribution in [3.8, 4) is 0 Å². The summed E-state index contributed by atoms with van der Waals surface area (Å²) in [7, 11) is -9.59. The quantitative estimate of drug-likeness (QED) is 0.368. The molecule has 7 nitrogen and oxygen atoms in total. The van der Waals surface area contributed by atoms with Crippen molar-refractivity contribution < 1.29 is 43.6 Å². The minimum Gasteiger partial charge on any atom is -0.287 e. The lowest BCUT2D eigenvalue weighted by Gasteiger charge is -2.26. The highest BCUT2D eigenvalue weighted by Gasteiger charge is 2.64. The first-order valence-corrected chi connectivity index (χ1v) is 12.1. The van der Waals surface area contributed by atoms with E-state index in [1.165, 1.54) is 27.7 Å². The monoisotopic (exact) mass is 494 g/mol. The SMILES string of the molecule is CCN(CC)S(=O)(=O)c1cccc(C(=O)C(F)(F)C(F)(F)F)c1S(=O)(=O)N(CC)CC. The first kappa shape index (κ1) is 27.4. The van der Waals surface area contributed by atoms with Crippen molar-refractivity contribution >= 4 is 25.8 Å². The minimum atomic E-state index is -6.31. The number of halogens is 5. The lowest BCUT2D eigenvalue weighted by Crippen LogP contribution is -2.45. The van der Waals surface area contributed by atoms with Crippen molar-refractivity contribution in [3.63, 3.8) is 0 Å². The average Bonchev–Trinajstić information content (AvgIpc) is 2.67. The van der Waals surface area contributed by atoms with Gasteiger partial charge in [0, 0.05) is 31.7 Å². The van der Waals surface area contributed by atoms with E-state index in [1.807, 2.05) is 0 Å². The first-order valence-electron chi connectivity index (χ1n) is 9.18. The van der Waals surface area contributed by atoms with Gasteiger partial charge in [0.05, 0.1) is 0 Å². The highest BCUT2D eigenvalue weighted by molar-refractivity contribution is 7.92. The van der Waals surface area contributed by atoms with E-state index in [2.05, 4.69) is 0 Å². The minimum absolute atomic E-state index is 0.138. The second kappa shape index (κ2) is 9.46. The van der Waals surface area contributed by atoms with E-state index in [-0.39, 0.29) is 26.2 Å². The number of carbonyl (C=O) groups excluding carboxylic acids is 1. The van der Waals surface area contributed by atoms with Crippen LogP contribution >= 0.6 is 0 Å². The molecule has 0 aliphatic rings. The van der Waals surface area contributed by atoms with Crippen LogP contribution in [0, 0.1) is 0 Å². The maximum atomic E-state index is 13.8. The summed E-state index contributed by atoms with van der Waals surface area (Å²) in [6.07, 6.45) is -6.31. The third-order valence-corrected chi connectivity index (χ3v) is 8.86. The largest absolute Gasteiger partial charge is 0.461 e. The van der Waals surface area contributed by atoms with E-state index < -0.39 is 53.3 Å². The van der Waals surface area contributed by atoms with Crippen molar-refractivity contribution in [1.29, 1.82) is 0 Å². The van der Waals surface area contributed by atoms with Crippen molar-refractivity contribution in [1.82, 2.24) is 8.61 Å². The molecule has 14 heteroatoms. The Morgan fingerprint density at radius 3 is 1.61 bits per heavy atom. The number of nitrogens with zero attached hydrogens (tertiary/aromatic N) is 2. The molecule has 0 spiro atoms. The van der Waals surface area contributed by atoms with Crippen LogP contribution in [0.15, 0.2) is 28.0 Å². The molecule has 0 saturated heterocycles. The van der Waals surface area contributed by atoms with Crippen LogP contribution in [0.25, 0.3) is 0 Å². The molecular formula is C17H23F5N2O5S2. The summed E-state index contributed by atoms with van der Waals surface area (Å²) < 4.78 is 120. The molecule has 1 rings (SSSR count). The highest BCUT2D eigenvalue weighted by atomic mass is 32.2. The molecule has 0 aliphatic carbocycles. The maximum Gasteiger partial charge on any atom is 0.461 e. The van der Waals surface area contributed by atoms with Gasteiger partial charge >= 0.3 is 12.1 Å². The summed E-state index contributed by atoms with van der Waals surface area (Å²) in [6, 6.07) is 1.95. The van der Waals surface area contributed by atoms with E-state index in [4.69, 9.17) is 0 Å². The molecule has 1 aromatic carbocycles. The molecule has 0 N–H and O–H groups in total. The van der Waals surface area contributed by atoms with E-state index in [0.717, 1.165) is 16.4 Å². The number of Topliss-reactive ketones (excluding diaryl/α,β-unsaturated/α-hetero) is 1. The summed E-state index contributed by atoms with van der Waals surface area (Å²) in [6.45, 7) is 4.78. The van der Waals surface area contributed by atoms with Gasteiger partial charge in [-0.25, -0.2) is 16.8 Å². The van der Waals surface area contributed by atoms with Crippen LogP contribution in [-0.2, 0) is 20.0 Å². The topological polar surface area (TPSA) is 91.8 Å². The Morgan fingerprint density at radius 1 is 0.806 bits per heavy atom. The predicted octanol–water partition coefficient (Wildman–Crippen LogP) is 3.13. The van der Waals surface area contributed by atoms with Gasteiger partial charge < -0.3 is 0 Å². The van der Waals surface area contributed by atoms with Gasteiger partial charge in [-0.3, -0.25) is 4.79 Å². The molecule has 0 aliphatic heterocycles. The van der Waals surface area contributed by atoms with Crippen molar-refractivity contribution in [2.45, 2.75) is 49.6 Å². The summed E-state index contributed by atoms with van der Waals surface area (Å²) in [5.41, 5.74) is -1.55. The first-order chi connectivity index (χ1) is 14.0. The van der Waals surface area contributed by atoms with E-state index in [1.54, 1.807) is 0 Å². The van der Waals surface area contributed by atoms with Crippen LogP contribution in [0.2, 0.25) is 0 Å². The predicted molar refractivity (Wildman–Crippen MR) is 102 cm³/mol. The van der Waals surface area contributed by atoms with Gasteiger partial charge in [-0.15, -0.1) is 0 Å².